The first-order valence-electron chi connectivity index (χ1n) is 13.6. The zero-order valence-corrected chi connectivity index (χ0v) is 22.8. The van der Waals surface area contributed by atoms with Crippen LogP contribution in [0.2, 0.25) is 0 Å². The molecule has 39 heavy (non-hydrogen) atoms. The third kappa shape index (κ3) is 11.0. The number of Topliss-reactive ketones (excluding diaryl/α,β-unsaturated/α-hetero) is 1. The van der Waals surface area contributed by atoms with E-state index in [1.54, 1.807) is 12.1 Å². The lowest BCUT2D eigenvalue weighted by atomic mass is 10.1. The summed E-state index contributed by atoms with van der Waals surface area (Å²) >= 11 is 0. The minimum absolute atomic E-state index is 0.00432. The molecular formula is C32H40N2O5. The Morgan fingerprint density at radius 3 is 2.41 bits per heavy atom. The highest BCUT2D eigenvalue weighted by atomic mass is 16.5. The maximum Gasteiger partial charge on any atom is 0.221 e. The van der Waals surface area contributed by atoms with Crippen molar-refractivity contribution in [3.05, 3.63) is 95.1 Å². The average molecular weight is 533 g/mol. The first-order valence-corrected chi connectivity index (χ1v) is 13.6. The first-order chi connectivity index (χ1) is 18.9. The van der Waals surface area contributed by atoms with Crippen LogP contribution in [0.1, 0.15) is 59.7 Å². The van der Waals surface area contributed by atoms with Crippen LogP contribution in [-0.2, 0) is 29.1 Å². The molecule has 0 heterocycles. The van der Waals surface area contributed by atoms with E-state index in [1.807, 2.05) is 42.5 Å². The van der Waals surface area contributed by atoms with Crippen molar-refractivity contribution in [3.63, 3.8) is 0 Å². The second-order valence-electron chi connectivity index (χ2n) is 9.78. The van der Waals surface area contributed by atoms with Gasteiger partial charge >= 0.3 is 0 Å². The van der Waals surface area contributed by atoms with Gasteiger partial charge in [0.2, 0.25) is 5.91 Å². The van der Waals surface area contributed by atoms with Crippen molar-refractivity contribution in [1.82, 2.24) is 4.90 Å². The number of anilines is 1. The Balaban J connectivity index is 1.38. The zero-order valence-electron chi connectivity index (χ0n) is 22.8. The van der Waals surface area contributed by atoms with Crippen LogP contribution in [0.25, 0.3) is 0 Å². The molecule has 0 spiro atoms. The van der Waals surface area contributed by atoms with Crippen LogP contribution in [-0.4, -0.2) is 53.1 Å². The number of hydrogen-bond donors (Lipinski definition) is 3. The standard InChI is InChI=1S/C32H40N2O5/c1-25(36)33-30-13-9-12-26(20-30)16-19-39-18-8-3-2-7-17-34(22-27-10-5-4-6-11-27)23-32(38)28-14-15-31(37)29(21-28)24-35/h4-6,9-15,20-21,35,37H,2-3,7-8,16-19,22-24H2,1H3,(H,33,36). The molecule has 3 aromatic carbocycles. The number of aromatic hydroxyl groups is 1. The molecule has 208 valence electrons. The van der Waals surface area contributed by atoms with Gasteiger partial charge in [-0.25, -0.2) is 0 Å². The fourth-order valence-corrected chi connectivity index (χ4v) is 4.43. The van der Waals surface area contributed by atoms with Gasteiger partial charge in [-0.05, 0) is 67.3 Å². The van der Waals surface area contributed by atoms with Crippen LogP contribution in [0.4, 0.5) is 5.69 Å². The lowest BCUT2D eigenvalue weighted by Crippen LogP contribution is -2.30. The molecule has 0 bridgehead atoms. The Kier molecular flexibility index (Phi) is 12.7. The maximum atomic E-state index is 13.0. The molecule has 0 unspecified atom stereocenters. The molecule has 3 aromatic rings. The molecule has 0 radical (unpaired) electrons. The highest BCUT2D eigenvalue weighted by Crippen LogP contribution is 2.19. The number of nitrogens with one attached hydrogen (secondary N) is 1. The van der Waals surface area contributed by atoms with Crippen LogP contribution >= 0.6 is 0 Å². The van der Waals surface area contributed by atoms with Crippen molar-refractivity contribution in [3.8, 4) is 5.75 Å². The van der Waals surface area contributed by atoms with E-state index in [1.165, 1.54) is 13.0 Å². The number of aliphatic hydroxyl groups excluding tert-OH is 1. The number of amides is 1. The van der Waals surface area contributed by atoms with E-state index in [-0.39, 0.29) is 30.6 Å². The molecule has 1 amide bonds. The van der Waals surface area contributed by atoms with Crippen LogP contribution in [0, 0.1) is 0 Å². The van der Waals surface area contributed by atoms with Crippen molar-refractivity contribution >= 4 is 17.4 Å². The number of unbranched alkanes of at least 4 members (excludes halogenated alkanes) is 3. The molecular weight excluding hydrogens is 492 g/mol. The third-order valence-electron chi connectivity index (χ3n) is 6.48. The summed E-state index contributed by atoms with van der Waals surface area (Å²) in [6.45, 7) is 4.31. The van der Waals surface area contributed by atoms with Crippen molar-refractivity contribution in [2.45, 2.75) is 52.2 Å². The Bertz CT molecular complexity index is 1180. The highest BCUT2D eigenvalue weighted by molar-refractivity contribution is 5.98. The molecule has 7 nitrogen and oxygen atoms in total. The normalized spacial score (nSPS) is 11.1. The molecule has 7 heteroatoms. The summed E-state index contributed by atoms with van der Waals surface area (Å²) in [5.41, 5.74) is 3.95. The Labute approximate surface area is 231 Å². The van der Waals surface area contributed by atoms with Gasteiger partial charge in [-0.2, -0.15) is 0 Å². The summed E-state index contributed by atoms with van der Waals surface area (Å²) in [5.74, 6) is -0.112. The average Bonchev–Trinajstić information content (AvgIpc) is 2.92. The third-order valence-corrected chi connectivity index (χ3v) is 6.48. The van der Waals surface area contributed by atoms with E-state index < -0.39 is 0 Å². The van der Waals surface area contributed by atoms with Crippen LogP contribution in [0.3, 0.4) is 0 Å². The van der Waals surface area contributed by atoms with Crippen LogP contribution < -0.4 is 5.32 Å². The Morgan fingerprint density at radius 2 is 1.64 bits per heavy atom. The van der Waals surface area contributed by atoms with E-state index in [9.17, 15) is 19.8 Å². The van der Waals surface area contributed by atoms with E-state index in [0.717, 1.165) is 55.5 Å². The summed E-state index contributed by atoms with van der Waals surface area (Å²) in [6.07, 6.45) is 4.88. The number of phenols is 1. The number of ketones is 1. The molecule has 0 saturated carbocycles. The van der Waals surface area contributed by atoms with Gasteiger partial charge in [0.1, 0.15) is 5.75 Å². The second kappa shape index (κ2) is 16.4. The number of nitrogens with zero attached hydrogens (tertiary/aromatic N) is 1. The predicted molar refractivity (Wildman–Crippen MR) is 154 cm³/mol. The number of ether oxygens (including phenoxy) is 1. The van der Waals surface area contributed by atoms with Crippen molar-refractivity contribution in [1.29, 1.82) is 0 Å². The summed E-state index contributed by atoms with van der Waals surface area (Å²) in [7, 11) is 0. The van der Waals surface area contributed by atoms with Gasteiger partial charge in [-0.15, -0.1) is 0 Å². The predicted octanol–water partition coefficient (Wildman–Crippen LogP) is 5.35. The largest absolute Gasteiger partial charge is 0.508 e. The monoisotopic (exact) mass is 532 g/mol. The molecule has 0 aliphatic heterocycles. The minimum Gasteiger partial charge on any atom is -0.508 e. The smallest absolute Gasteiger partial charge is 0.221 e. The van der Waals surface area contributed by atoms with E-state index in [2.05, 4.69) is 22.3 Å². The fraction of sp³-hybridized carbons (Fsp3) is 0.375. The molecule has 0 atom stereocenters. The van der Waals surface area contributed by atoms with Gasteiger partial charge < -0.3 is 20.3 Å². The lowest BCUT2D eigenvalue weighted by Gasteiger charge is -2.22. The van der Waals surface area contributed by atoms with Gasteiger partial charge in [0, 0.05) is 36.9 Å². The van der Waals surface area contributed by atoms with E-state index >= 15 is 0 Å². The molecule has 0 saturated heterocycles. The second-order valence-corrected chi connectivity index (χ2v) is 9.78. The highest BCUT2D eigenvalue weighted by Gasteiger charge is 2.15. The molecule has 0 aliphatic rings. The quantitative estimate of drug-likeness (QED) is 0.160. The van der Waals surface area contributed by atoms with Crippen molar-refractivity contribution in [2.75, 3.05) is 31.6 Å². The number of benzene rings is 3. The Hall–Kier alpha value is -3.52. The summed E-state index contributed by atoms with van der Waals surface area (Å²) in [6, 6.07) is 22.6. The molecule has 0 aliphatic carbocycles. The number of aliphatic hydroxyl groups is 1. The number of rotatable bonds is 17. The molecule has 0 aromatic heterocycles. The van der Waals surface area contributed by atoms with Crippen LogP contribution in [0.5, 0.6) is 5.75 Å². The Morgan fingerprint density at radius 1 is 0.872 bits per heavy atom. The number of carbonyl (C=O) groups is 2. The minimum atomic E-state index is -0.309. The van der Waals surface area contributed by atoms with Gasteiger partial charge in [0.15, 0.2) is 5.78 Å². The van der Waals surface area contributed by atoms with Gasteiger partial charge in [-0.1, -0.05) is 55.3 Å². The van der Waals surface area contributed by atoms with E-state index in [0.29, 0.717) is 30.9 Å². The van der Waals surface area contributed by atoms with Gasteiger partial charge in [-0.3, -0.25) is 14.5 Å². The maximum absolute atomic E-state index is 13.0. The topological polar surface area (TPSA) is 99.1 Å². The molecule has 3 N–H and O–H groups in total. The number of hydrogen-bond acceptors (Lipinski definition) is 6. The van der Waals surface area contributed by atoms with Crippen molar-refractivity contribution in [2.24, 2.45) is 0 Å². The summed E-state index contributed by atoms with van der Waals surface area (Å²) in [4.78, 5) is 26.4. The van der Waals surface area contributed by atoms with Gasteiger partial charge in [0.25, 0.3) is 0 Å². The lowest BCUT2D eigenvalue weighted by molar-refractivity contribution is -0.114. The molecule has 0 fully saturated rings. The first kappa shape index (κ1) is 30.0. The van der Waals surface area contributed by atoms with Crippen molar-refractivity contribution < 1.29 is 24.5 Å². The fourth-order valence-electron chi connectivity index (χ4n) is 4.43. The summed E-state index contributed by atoms with van der Waals surface area (Å²) in [5, 5.41) is 22.0. The number of carbonyl (C=O) groups excluding carboxylic acids is 2. The van der Waals surface area contributed by atoms with E-state index in [4.69, 9.17) is 4.74 Å². The summed E-state index contributed by atoms with van der Waals surface area (Å²) < 4.78 is 5.82. The zero-order chi connectivity index (χ0) is 27.9. The SMILES string of the molecule is CC(=O)Nc1cccc(CCOCCCCCCN(CC(=O)c2ccc(O)c(CO)c2)Cc2ccccc2)c1. The molecule has 3 rings (SSSR count). The van der Waals surface area contributed by atoms with Gasteiger partial charge in [0.05, 0.1) is 19.8 Å². The van der Waals surface area contributed by atoms with Crippen LogP contribution in [0.15, 0.2) is 72.8 Å².